The molecule has 0 saturated heterocycles. The van der Waals surface area contributed by atoms with Crippen molar-refractivity contribution in [1.29, 1.82) is 0 Å². The number of nitrogens with one attached hydrogen (secondary N) is 1. The molecule has 2 rings (SSSR count). The number of aromatic nitrogens is 1. The number of hydrogen-bond acceptors (Lipinski definition) is 3. The van der Waals surface area contributed by atoms with Crippen LogP contribution in [0.4, 0.5) is 0 Å². The number of sulfonamides is 1. The van der Waals surface area contributed by atoms with Crippen molar-refractivity contribution in [3.63, 3.8) is 0 Å². The number of H-pyrrole nitrogens is 1. The highest BCUT2D eigenvalue weighted by atomic mass is 32.2. The third kappa shape index (κ3) is 2.49. The van der Waals surface area contributed by atoms with Crippen LogP contribution in [0.1, 0.15) is 32.6 Å². The zero-order valence-electron chi connectivity index (χ0n) is 10.4. The second-order valence-electron chi connectivity index (χ2n) is 4.54. The summed E-state index contributed by atoms with van der Waals surface area (Å²) >= 11 is 0. The molecule has 1 fully saturated rings. The maximum Gasteiger partial charge on any atom is 0.247 e. The van der Waals surface area contributed by atoms with Crippen LogP contribution in [0.3, 0.4) is 0 Å². The smallest absolute Gasteiger partial charge is 0.247 e. The van der Waals surface area contributed by atoms with Crippen molar-refractivity contribution < 1.29 is 8.42 Å². The third-order valence-corrected chi connectivity index (χ3v) is 5.43. The minimum Gasteiger partial charge on any atom is -0.328 e. The second kappa shape index (κ2) is 5.24. The molecular formula is C12H18N2O3S. The van der Waals surface area contributed by atoms with Crippen LogP contribution in [0, 0.1) is 0 Å². The molecule has 0 bridgehead atoms. The summed E-state index contributed by atoms with van der Waals surface area (Å²) in [6.07, 6.45) is 5.30. The minimum atomic E-state index is -3.49. The molecule has 0 unspecified atom stereocenters. The van der Waals surface area contributed by atoms with E-state index in [1.807, 2.05) is 6.92 Å². The topological polar surface area (TPSA) is 70.2 Å². The molecule has 1 aliphatic carbocycles. The van der Waals surface area contributed by atoms with Crippen LogP contribution in [-0.2, 0) is 10.0 Å². The summed E-state index contributed by atoms with van der Waals surface area (Å²) < 4.78 is 26.5. The summed E-state index contributed by atoms with van der Waals surface area (Å²) in [6.45, 7) is 2.31. The Balaban J connectivity index is 2.33. The van der Waals surface area contributed by atoms with Gasteiger partial charge in [-0.25, -0.2) is 8.42 Å². The fourth-order valence-electron chi connectivity index (χ4n) is 2.51. The first kappa shape index (κ1) is 13.3. The van der Waals surface area contributed by atoms with Gasteiger partial charge in [0, 0.05) is 24.8 Å². The van der Waals surface area contributed by atoms with E-state index >= 15 is 0 Å². The van der Waals surface area contributed by atoms with Crippen LogP contribution in [0.5, 0.6) is 0 Å². The lowest BCUT2D eigenvalue weighted by atomic mass is 10.2. The second-order valence-corrected chi connectivity index (χ2v) is 6.43. The van der Waals surface area contributed by atoms with Crippen molar-refractivity contribution in [1.82, 2.24) is 9.29 Å². The number of nitrogens with zero attached hydrogens (tertiary/aromatic N) is 1. The number of rotatable bonds is 4. The zero-order valence-corrected chi connectivity index (χ0v) is 11.2. The molecule has 1 N–H and O–H groups in total. The molecule has 0 aromatic carbocycles. The lowest BCUT2D eigenvalue weighted by molar-refractivity contribution is 0.335. The van der Waals surface area contributed by atoms with Crippen molar-refractivity contribution in [3.8, 4) is 0 Å². The van der Waals surface area contributed by atoms with Crippen molar-refractivity contribution in [2.75, 3.05) is 6.54 Å². The summed E-state index contributed by atoms with van der Waals surface area (Å²) in [5.74, 6) is 0. The highest BCUT2D eigenvalue weighted by molar-refractivity contribution is 7.89. The quantitative estimate of drug-likeness (QED) is 0.897. The van der Waals surface area contributed by atoms with Gasteiger partial charge in [0.1, 0.15) is 0 Å². The van der Waals surface area contributed by atoms with E-state index < -0.39 is 10.0 Å². The first-order valence-electron chi connectivity index (χ1n) is 6.26. The molecule has 0 atom stereocenters. The molecule has 1 aromatic heterocycles. The molecule has 0 radical (unpaired) electrons. The van der Waals surface area contributed by atoms with Gasteiger partial charge >= 0.3 is 0 Å². The van der Waals surface area contributed by atoms with Gasteiger partial charge in [-0.2, -0.15) is 4.31 Å². The largest absolute Gasteiger partial charge is 0.328 e. The Hall–Kier alpha value is -1.14. The normalized spacial score (nSPS) is 17.4. The Bertz CT molecular complexity index is 538. The summed E-state index contributed by atoms with van der Waals surface area (Å²) in [5, 5.41) is 0. The van der Waals surface area contributed by atoms with E-state index in [1.54, 1.807) is 4.31 Å². The fraction of sp³-hybridized carbons (Fsp3) is 0.583. The molecule has 1 aliphatic rings. The van der Waals surface area contributed by atoms with Gasteiger partial charge in [0.15, 0.2) is 0 Å². The van der Waals surface area contributed by atoms with Crippen molar-refractivity contribution in [3.05, 3.63) is 28.7 Å². The van der Waals surface area contributed by atoms with Gasteiger partial charge in [-0.3, -0.25) is 4.79 Å². The highest BCUT2D eigenvalue weighted by Gasteiger charge is 2.31. The summed E-state index contributed by atoms with van der Waals surface area (Å²) in [5.41, 5.74) is -0.294. The lowest BCUT2D eigenvalue weighted by Gasteiger charge is -2.26. The predicted octanol–water partition coefficient (Wildman–Crippen LogP) is 1.33. The Labute approximate surface area is 107 Å². The average molecular weight is 270 g/mol. The van der Waals surface area contributed by atoms with Crippen LogP contribution in [0.25, 0.3) is 0 Å². The van der Waals surface area contributed by atoms with E-state index in [0.29, 0.717) is 6.54 Å². The predicted molar refractivity (Wildman–Crippen MR) is 68.9 cm³/mol. The number of aromatic amines is 1. The molecular weight excluding hydrogens is 252 g/mol. The average Bonchev–Trinajstić information content (AvgIpc) is 2.84. The van der Waals surface area contributed by atoms with Crippen LogP contribution < -0.4 is 5.56 Å². The van der Waals surface area contributed by atoms with Crippen LogP contribution in [-0.4, -0.2) is 30.3 Å². The Morgan fingerprint density at radius 3 is 2.50 bits per heavy atom. The Morgan fingerprint density at radius 1 is 1.33 bits per heavy atom. The summed E-state index contributed by atoms with van der Waals surface area (Å²) in [7, 11) is -3.49. The highest BCUT2D eigenvalue weighted by Crippen LogP contribution is 2.27. The maximum absolute atomic E-state index is 12.5. The minimum absolute atomic E-state index is 0.104. The van der Waals surface area contributed by atoms with E-state index in [9.17, 15) is 13.2 Å². The first-order chi connectivity index (χ1) is 8.55. The molecule has 1 saturated carbocycles. The molecule has 0 aliphatic heterocycles. The molecule has 100 valence electrons. The SMILES string of the molecule is CCN(C1CCCC1)S(=O)(=O)c1ccc(=O)[nH]c1. The number of pyridine rings is 1. The van der Waals surface area contributed by atoms with Crippen LogP contribution in [0.2, 0.25) is 0 Å². The van der Waals surface area contributed by atoms with E-state index in [2.05, 4.69) is 4.98 Å². The van der Waals surface area contributed by atoms with E-state index in [0.717, 1.165) is 25.7 Å². The summed E-state index contributed by atoms with van der Waals surface area (Å²) in [4.78, 5) is 13.6. The van der Waals surface area contributed by atoms with Crippen molar-refractivity contribution in [2.24, 2.45) is 0 Å². The van der Waals surface area contributed by atoms with Gasteiger partial charge in [-0.1, -0.05) is 19.8 Å². The van der Waals surface area contributed by atoms with E-state index in [4.69, 9.17) is 0 Å². The molecule has 1 heterocycles. The monoisotopic (exact) mass is 270 g/mol. The zero-order chi connectivity index (χ0) is 13.2. The Morgan fingerprint density at radius 2 is 2.00 bits per heavy atom. The molecule has 6 heteroatoms. The van der Waals surface area contributed by atoms with Gasteiger partial charge in [0.25, 0.3) is 0 Å². The Kier molecular flexibility index (Phi) is 3.87. The molecule has 5 nitrogen and oxygen atoms in total. The summed E-state index contributed by atoms with van der Waals surface area (Å²) in [6, 6.07) is 2.72. The van der Waals surface area contributed by atoms with Crippen LogP contribution in [0.15, 0.2) is 28.0 Å². The maximum atomic E-state index is 12.5. The van der Waals surface area contributed by atoms with Crippen molar-refractivity contribution in [2.45, 2.75) is 43.5 Å². The molecule has 18 heavy (non-hydrogen) atoms. The molecule has 1 aromatic rings. The standard InChI is InChI=1S/C12H18N2O3S/c1-2-14(10-5-3-4-6-10)18(16,17)11-7-8-12(15)13-9-11/h7-10H,2-6H2,1H3,(H,13,15). The molecule has 0 amide bonds. The third-order valence-electron chi connectivity index (χ3n) is 3.41. The molecule has 0 spiro atoms. The van der Waals surface area contributed by atoms with Gasteiger partial charge in [0.2, 0.25) is 15.6 Å². The van der Waals surface area contributed by atoms with E-state index in [1.165, 1.54) is 18.3 Å². The fourth-order valence-corrected chi connectivity index (χ4v) is 4.17. The van der Waals surface area contributed by atoms with Gasteiger partial charge in [-0.05, 0) is 18.9 Å². The van der Waals surface area contributed by atoms with Crippen molar-refractivity contribution >= 4 is 10.0 Å². The van der Waals surface area contributed by atoms with Gasteiger partial charge in [-0.15, -0.1) is 0 Å². The van der Waals surface area contributed by atoms with Gasteiger partial charge in [0.05, 0.1) is 4.90 Å². The van der Waals surface area contributed by atoms with E-state index in [-0.39, 0.29) is 16.5 Å². The first-order valence-corrected chi connectivity index (χ1v) is 7.70. The van der Waals surface area contributed by atoms with Crippen LogP contribution >= 0.6 is 0 Å². The van der Waals surface area contributed by atoms with Gasteiger partial charge < -0.3 is 4.98 Å². The number of hydrogen-bond donors (Lipinski definition) is 1. The lowest BCUT2D eigenvalue weighted by Crippen LogP contribution is -2.38.